The second-order valence-corrected chi connectivity index (χ2v) is 5.16. The zero-order chi connectivity index (χ0) is 12.2. The minimum atomic E-state index is -3.55. The van der Waals surface area contributed by atoms with Gasteiger partial charge in [0, 0.05) is 19.4 Å². The van der Waals surface area contributed by atoms with E-state index >= 15 is 0 Å². The SMILES string of the molecule is Cn1ccnc1CNS(=O)(=O)CCC(=O)O. The van der Waals surface area contributed by atoms with Gasteiger partial charge >= 0.3 is 5.97 Å². The Bertz CT molecular complexity index is 465. The lowest BCUT2D eigenvalue weighted by Crippen LogP contribution is -2.28. The molecule has 0 fully saturated rings. The van der Waals surface area contributed by atoms with Crippen LogP contribution >= 0.6 is 0 Å². The Balaban J connectivity index is 2.48. The van der Waals surface area contributed by atoms with Gasteiger partial charge in [-0.25, -0.2) is 18.1 Å². The van der Waals surface area contributed by atoms with E-state index < -0.39 is 28.2 Å². The van der Waals surface area contributed by atoms with Crippen molar-refractivity contribution in [3.63, 3.8) is 0 Å². The van der Waals surface area contributed by atoms with Gasteiger partial charge in [-0.05, 0) is 0 Å². The maximum atomic E-state index is 11.3. The van der Waals surface area contributed by atoms with Gasteiger partial charge in [-0.1, -0.05) is 0 Å². The molecule has 0 saturated heterocycles. The summed E-state index contributed by atoms with van der Waals surface area (Å²) < 4.78 is 26.6. The van der Waals surface area contributed by atoms with E-state index in [2.05, 4.69) is 9.71 Å². The minimum Gasteiger partial charge on any atom is -0.481 e. The molecular formula is C8H13N3O4S. The van der Waals surface area contributed by atoms with Crippen molar-refractivity contribution in [3.05, 3.63) is 18.2 Å². The molecule has 0 aromatic carbocycles. The highest BCUT2D eigenvalue weighted by Crippen LogP contribution is 1.96. The standard InChI is InChI=1S/C8H13N3O4S/c1-11-4-3-9-7(11)6-10-16(14,15)5-2-8(12)13/h3-4,10H,2,5-6H2,1H3,(H,12,13). The number of aryl methyl sites for hydroxylation is 1. The van der Waals surface area contributed by atoms with Crippen molar-refractivity contribution in [1.82, 2.24) is 14.3 Å². The van der Waals surface area contributed by atoms with Gasteiger partial charge < -0.3 is 9.67 Å². The molecule has 0 unspecified atom stereocenters. The first-order valence-electron chi connectivity index (χ1n) is 4.56. The van der Waals surface area contributed by atoms with Crippen LogP contribution in [-0.2, 0) is 28.4 Å². The average molecular weight is 247 g/mol. The Hall–Kier alpha value is -1.41. The molecule has 7 nitrogen and oxygen atoms in total. The molecule has 0 spiro atoms. The molecule has 0 aliphatic rings. The van der Waals surface area contributed by atoms with Crippen molar-refractivity contribution < 1.29 is 18.3 Å². The molecule has 1 rings (SSSR count). The quantitative estimate of drug-likeness (QED) is 0.693. The van der Waals surface area contributed by atoms with Gasteiger partial charge in [0.15, 0.2) is 0 Å². The number of aromatic nitrogens is 2. The molecule has 0 radical (unpaired) electrons. The lowest BCUT2D eigenvalue weighted by molar-refractivity contribution is -0.136. The van der Waals surface area contributed by atoms with E-state index in [4.69, 9.17) is 5.11 Å². The van der Waals surface area contributed by atoms with Gasteiger partial charge in [-0.2, -0.15) is 0 Å². The number of nitrogens with zero attached hydrogens (tertiary/aromatic N) is 2. The number of hydrogen-bond acceptors (Lipinski definition) is 4. The van der Waals surface area contributed by atoms with E-state index in [1.54, 1.807) is 24.0 Å². The van der Waals surface area contributed by atoms with Crippen LogP contribution in [0.4, 0.5) is 0 Å². The van der Waals surface area contributed by atoms with Crippen molar-refractivity contribution >= 4 is 16.0 Å². The first-order valence-corrected chi connectivity index (χ1v) is 6.21. The van der Waals surface area contributed by atoms with Gasteiger partial charge in [-0.3, -0.25) is 4.79 Å². The lowest BCUT2D eigenvalue weighted by Gasteiger charge is -2.05. The molecular weight excluding hydrogens is 234 g/mol. The van der Waals surface area contributed by atoms with Crippen LogP contribution in [-0.4, -0.2) is 34.8 Å². The Labute approximate surface area is 93.2 Å². The highest BCUT2D eigenvalue weighted by atomic mass is 32.2. The molecule has 0 saturated carbocycles. The Morgan fingerprint density at radius 1 is 1.62 bits per heavy atom. The molecule has 16 heavy (non-hydrogen) atoms. The largest absolute Gasteiger partial charge is 0.481 e. The Morgan fingerprint density at radius 2 is 2.31 bits per heavy atom. The third-order valence-electron chi connectivity index (χ3n) is 1.96. The van der Waals surface area contributed by atoms with Crippen molar-refractivity contribution in [3.8, 4) is 0 Å². The number of carbonyl (C=O) groups is 1. The first kappa shape index (κ1) is 12.7. The number of sulfonamides is 1. The van der Waals surface area contributed by atoms with Crippen molar-refractivity contribution in [2.45, 2.75) is 13.0 Å². The highest BCUT2D eigenvalue weighted by molar-refractivity contribution is 7.89. The monoisotopic (exact) mass is 247 g/mol. The van der Waals surface area contributed by atoms with Crippen LogP contribution in [0.1, 0.15) is 12.2 Å². The second kappa shape index (κ2) is 5.08. The van der Waals surface area contributed by atoms with E-state index in [1.165, 1.54) is 0 Å². The van der Waals surface area contributed by atoms with Crippen LogP contribution in [0.5, 0.6) is 0 Å². The molecule has 90 valence electrons. The normalized spacial score (nSPS) is 11.6. The first-order chi connectivity index (χ1) is 7.41. The van der Waals surface area contributed by atoms with Gasteiger partial charge in [0.25, 0.3) is 0 Å². The molecule has 0 amide bonds. The Morgan fingerprint density at radius 3 is 2.81 bits per heavy atom. The number of rotatable bonds is 6. The summed E-state index contributed by atoms with van der Waals surface area (Å²) in [4.78, 5) is 14.2. The molecule has 8 heteroatoms. The second-order valence-electron chi connectivity index (χ2n) is 3.24. The number of carboxylic acids is 1. The van der Waals surface area contributed by atoms with Gasteiger partial charge in [0.2, 0.25) is 10.0 Å². The number of imidazole rings is 1. The number of hydrogen-bond donors (Lipinski definition) is 2. The zero-order valence-corrected chi connectivity index (χ0v) is 9.57. The maximum absolute atomic E-state index is 11.3. The summed E-state index contributed by atoms with van der Waals surface area (Å²) in [5.41, 5.74) is 0. The summed E-state index contributed by atoms with van der Waals surface area (Å²) in [6.45, 7) is 0.0610. The van der Waals surface area contributed by atoms with Crippen LogP contribution in [0.3, 0.4) is 0 Å². The van der Waals surface area contributed by atoms with Gasteiger partial charge in [0.05, 0.1) is 18.7 Å². The van der Waals surface area contributed by atoms with E-state index in [0.717, 1.165) is 0 Å². The van der Waals surface area contributed by atoms with Crippen molar-refractivity contribution in [2.24, 2.45) is 7.05 Å². The van der Waals surface area contributed by atoms with Crippen LogP contribution in [0.25, 0.3) is 0 Å². The third-order valence-corrected chi connectivity index (χ3v) is 3.28. The predicted molar refractivity (Wildman–Crippen MR) is 56.1 cm³/mol. The maximum Gasteiger partial charge on any atom is 0.304 e. The average Bonchev–Trinajstić information content (AvgIpc) is 2.59. The molecule has 2 N–H and O–H groups in total. The lowest BCUT2D eigenvalue weighted by atomic mass is 10.5. The van der Waals surface area contributed by atoms with E-state index in [-0.39, 0.29) is 6.54 Å². The zero-order valence-electron chi connectivity index (χ0n) is 8.75. The number of aliphatic carboxylic acids is 1. The van der Waals surface area contributed by atoms with E-state index in [1.807, 2.05) is 0 Å². The number of carboxylic acid groups (broad SMARTS) is 1. The predicted octanol–water partition coefficient (Wildman–Crippen LogP) is -0.686. The summed E-state index contributed by atoms with van der Waals surface area (Å²) in [5.74, 6) is -0.992. The molecule has 1 aromatic heterocycles. The minimum absolute atomic E-state index is 0.0610. The summed E-state index contributed by atoms with van der Waals surface area (Å²) in [6, 6.07) is 0. The molecule has 0 aliphatic heterocycles. The Kier molecular flexibility index (Phi) is 4.02. The highest BCUT2D eigenvalue weighted by Gasteiger charge is 2.13. The van der Waals surface area contributed by atoms with Crippen LogP contribution in [0.2, 0.25) is 0 Å². The van der Waals surface area contributed by atoms with E-state index in [9.17, 15) is 13.2 Å². The van der Waals surface area contributed by atoms with Gasteiger partial charge in [0.1, 0.15) is 5.82 Å². The van der Waals surface area contributed by atoms with Gasteiger partial charge in [-0.15, -0.1) is 0 Å². The fourth-order valence-electron chi connectivity index (χ4n) is 1.04. The molecule has 1 heterocycles. The van der Waals surface area contributed by atoms with Crippen LogP contribution < -0.4 is 4.72 Å². The fraction of sp³-hybridized carbons (Fsp3) is 0.500. The number of nitrogens with one attached hydrogen (secondary N) is 1. The smallest absolute Gasteiger partial charge is 0.304 e. The summed E-state index contributed by atoms with van der Waals surface area (Å²) in [6.07, 6.45) is 2.84. The molecule has 1 aromatic rings. The summed E-state index contributed by atoms with van der Waals surface area (Å²) in [7, 11) is -1.81. The van der Waals surface area contributed by atoms with E-state index in [0.29, 0.717) is 5.82 Å². The third kappa shape index (κ3) is 3.99. The van der Waals surface area contributed by atoms with Crippen LogP contribution in [0, 0.1) is 0 Å². The summed E-state index contributed by atoms with van der Waals surface area (Å²) >= 11 is 0. The van der Waals surface area contributed by atoms with Crippen molar-refractivity contribution in [1.29, 1.82) is 0 Å². The van der Waals surface area contributed by atoms with Crippen LogP contribution in [0.15, 0.2) is 12.4 Å². The molecule has 0 atom stereocenters. The summed E-state index contributed by atoms with van der Waals surface area (Å²) in [5, 5.41) is 8.36. The molecule has 0 bridgehead atoms. The molecule has 0 aliphatic carbocycles. The van der Waals surface area contributed by atoms with Crippen molar-refractivity contribution in [2.75, 3.05) is 5.75 Å². The fourth-order valence-corrected chi connectivity index (χ4v) is 1.97. The topological polar surface area (TPSA) is 101 Å².